The highest BCUT2D eigenvalue weighted by atomic mass is 16.6. The topological polar surface area (TPSA) is 115 Å². The summed E-state index contributed by atoms with van der Waals surface area (Å²) in [5, 5.41) is 25.6. The minimum atomic E-state index is -0.469. The van der Waals surface area contributed by atoms with Gasteiger partial charge in [-0.25, -0.2) is 4.63 Å². The predicted molar refractivity (Wildman–Crippen MR) is 99.7 cm³/mol. The molecule has 140 valence electrons. The van der Waals surface area contributed by atoms with E-state index in [2.05, 4.69) is 20.9 Å². The van der Waals surface area contributed by atoms with Crippen molar-refractivity contribution in [3.8, 4) is 0 Å². The Bertz CT molecular complexity index is 938. The van der Waals surface area contributed by atoms with E-state index in [-0.39, 0.29) is 17.3 Å². The summed E-state index contributed by atoms with van der Waals surface area (Å²) in [5.74, 6) is 0. The molecule has 0 unspecified atom stereocenters. The Labute approximate surface area is 154 Å². The van der Waals surface area contributed by atoms with Gasteiger partial charge in [0.1, 0.15) is 5.69 Å². The first-order chi connectivity index (χ1) is 13.2. The molecular formula is C18H19N5O4. The van der Waals surface area contributed by atoms with Crippen molar-refractivity contribution in [2.75, 3.05) is 23.8 Å². The molecule has 1 fully saturated rings. The first-order valence-electron chi connectivity index (χ1n) is 8.79. The van der Waals surface area contributed by atoms with Crippen LogP contribution in [0.4, 0.5) is 17.1 Å². The molecule has 0 aliphatic carbocycles. The van der Waals surface area contributed by atoms with Crippen molar-refractivity contribution in [2.45, 2.75) is 25.5 Å². The number of hydrogen-bond acceptors (Lipinski definition) is 8. The molecule has 27 heavy (non-hydrogen) atoms. The van der Waals surface area contributed by atoms with Gasteiger partial charge in [-0.2, -0.15) is 0 Å². The van der Waals surface area contributed by atoms with E-state index < -0.39 is 4.92 Å². The Hall–Kier alpha value is -3.20. The number of ether oxygens (including phenoxy) is 1. The summed E-state index contributed by atoms with van der Waals surface area (Å²) in [5.41, 5.74) is 2.31. The maximum Gasteiger partial charge on any atom is 0.323 e. The molecule has 3 aromatic rings. The molecule has 0 bridgehead atoms. The molecule has 0 radical (unpaired) electrons. The highest BCUT2D eigenvalue weighted by Gasteiger charge is 2.26. The molecule has 9 nitrogen and oxygen atoms in total. The quantitative estimate of drug-likeness (QED) is 0.481. The lowest BCUT2D eigenvalue weighted by molar-refractivity contribution is -0.382. The Morgan fingerprint density at radius 3 is 2.70 bits per heavy atom. The third-order valence-corrected chi connectivity index (χ3v) is 4.56. The van der Waals surface area contributed by atoms with E-state index >= 15 is 0 Å². The van der Waals surface area contributed by atoms with Crippen LogP contribution in [0.5, 0.6) is 0 Å². The van der Waals surface area contributed by atoms with Gasteiger partial charge in [-0.3, -0.25) is 10.1 Å². The summed E-state index contributed by atoms with van der Waals surface area (Å²) < 4.78 is 10.4. The summed E-state index contributed by atoms with van der Waals surface area (Å²) in [6.07, 6.45) is 2.15. The van der Waals surface area contributed by atoms with Crippen molar-refractivity contribution in [1.29, 1.82) is 0 Å². The number of nitro groups is 1. The van der Waals surface area contributed by atoms with Crippen LogP contribution in [0, 0.1) is 10.1 Å². The molecular weight excluding hydrogens is 350 g/mol. The van der Waals surface area contributed by atoms with E-state index in [1.807, 2.05) is 30.3 Å². The Morgan fingerprint density at radius 1 is 1.15 bits per heavy atom. The molecule has 1 aromatic heterocycles. The molecule has 2 N–H and O–H groups in total. The zero-order chi connectivity index (χ0) is 18.6. The van der Waals surface area contributed by atoms with Gasteiger partial charge >= 0.3 is 5.69 Å². The largest absolute Gasteiger partial charge is 0.380 e. The van der Waals surface area contributed by atoms with Crippen LogP contribution < -0.4 is 10.6 Å². The first-order valence-corrected chi connectivity index (χ1v) is 8.79. The standard InChI is InChI=1S/C18H19N5O4/c24-23(25)18-15(19-10-12-5-2-1-3-6-12)9-14(16-17(18)22-27-21-16)20-11-13-7-4-8-26-13/h1-3,5-6,9,13,19-20H,4,7-8,10-11H2/t13-/m1/s1. The van der Waals surface area contributed by atoms with Crippen LogP contribution in [0.3, 0.4) is 0 Å². The van der Waals surface area contributed by atoms with Gasteiger partial charge < -0.3 is 15.4 Å². The van der Waals surface area contributed by atoms with Gasteiger partial charge in [-0.15, -0.1) is 0 Å². The average molecular weight is 369 g/mol. The molecule has 0 spiro atoms. The van der Waals surface area contributed by atoms with Gasteiger partial charge in [0.05, 0.1) is 16.7 Å². The van der Waals surface area contributed by atoms with Gasteiger partial charge in [-0.05, 0) is 34.8 Å². The lowest BCUT2D eigenvalue weighted by Gasteiger charge is -2.14. The smallest absolute Gasteiger partial charge is 0.323 e. The van der Waals surface area contributed by atoms with Crippen LogP contribution in [0.2, 0.25) is 0 Å². The van der Waals surface area contributed by atoms with Crippen LogP contribution in [0.25, 0.3) is 11.0 Å². The monoisotopic (exact) mass is 369 g/mol. The van der Waals surface area contributed by atoms with Crippen LogP contribution in [0.15, 0.2) is 41.0 Å². The second kappa shape index (κ2) is 7.58. The number of benzene rings is 2. The van der Waals surface area contributed by atoms with Crippen molar-refractivity contribution < 1.29 is 14.3 Å². The zero-order valence-electron chi connectivity index (χ0n) is 14.6. The number of nitro benzene ring substituents is 1. The predicted octanol–water partition coefficient (Wildman–Crippen LogP) is 3.33. The summed E-state index contributed by atoms with van der Waals surface area (Å²) in [6.45, 7) is 1.80. The van der Waals surface area contributed by atoms with Gasteiger partial charge in [0, 0.05) is 19.7 Å². The summed E-state index contributed by atoms with van der Waals surface area (Å²) in [4.78, 5) is 11.2. The van der Waals surface area contributed by atoms with E-state index in [9.17, 15) is 10.1 Å². The molecule has 1 aliphatic rings. The van der Waals surface area contributed by atoms with Crippen molar-refractivity contribution in [1.82, 2.24) is 10.3 Å². The maximum atomic E-state index is 11.6. The van der Waals surface area contributed by atoms with Gasteiger partial charge in [0.2, 0.25) is 5.52 Å². The Kier molecular flexibility index (Phi) is 4.84. The van der Waals surface area contributed by atoms with Crippen molar-refractivity contribution in [3.63, 3.8) is 0 Å². The van der Waals surface area contributed by atoms with E-state index in [4.69, 9.17) is 9.37 Å². The van der Waals surface area contributed by atoms with E-state index in [1.54, 1.807) is 6.07 Å². The second-order valence-electron chi connectivity index (χ2n) is 6.39. The molecule has 9 heteroatoms. The second-order valence-corrected chi connectivity index (χ2v) is 6.39. The molecule has 1 aliphatic heterocycles. The summed E-state index contributed by atoms with van der Waals surface area (Å²) >= 11 is 0. The third-order valence-electron chi connectivity index (χ3n) is 4.56. The van der Waals surface area contributed by atoms with Crippen LogP contribution in [-0.4, -0.2) is 34.5 Å². The molecule has 0 saturated carbocycles. The zero-order valence-corrected chi connectivity index (χ0v) is 14.6. The highest BCUT2D eigenvalue weighted by Crippen LogP contribution is 2.37. The maximum absolute atomic E-state index is 11.6. The average Bonchev–Trinajstić information content (AvgIpc) is 3.36. The Morgan fingerprint density at radius 2 is 1.96 bits per heavy atom. The van der Waals surface area contributed by atoms with Gasteiger partial charge in [0.25, 0.3) is 0 Å². The van der Waals surface area contributed by atoms with E-state index in [0.29, 0.717) is 30.0 Å². The molecule has 4 rings (SSSR count). The number of aromatic nitrogens is 2. The van der Waals surface area contributed by atoms with E-state index in [0.717, 1.165) is 25.0 Å². The number of nitrogens with zero attached hydrogens (tertiary/aromatic N) is 3. The number of nitrogens with one attached hydrogen (secondary N) is 2. The van der Waals surface area contributed by atoms with Crippen molar-refractivity contribution in [2.24, 2.45) is 0 Å². The minimum absolute atomic E-state index is 0.118. The van der Waals surface area contributed by atoms with Crippen molar-refractivity contribution in [3.05, 3.63) is 52.1 Å². The summed E-state index contributed by atoms with van der Waals surface area (Å²) in [7, 11) is 0. The highest BCUT2D eigenvalue weighted by molar-refractivity contribution is 5.99. The lowest BCUT2D eigenvalue weighted by atomic mass is 10.1. The fourth-order valence-electron chi connectivity index (χ4n) is 3.21. The normalized spacial score (nSPS) is 16.5. The fraction of sp³-hybridized carbons (Fsp3) is 0.333. The Balaban J connectivity index is 1.64. The number of anilines is 2. The fourth-order valence-corrected chi connectivity index (χ4v) is 3.21. The van der Waals surface area contributed by atoms with Crippen LogP contribution in [-0.2, 0) is 11.3 Å². The molecule has 0 amide bonds. The van der Waals surface area contributed by atoms with E-state index in [1.165, 1.54) is 0 Å². The molecule has 1 atom stereocenters. The number of rotatable bonds is 7. The number of hydrogen-bond donors (Lipinski definition) is 2. The SMILES string of the molecule is O=[N+]([O-])c1c(NCc2ccccc2)cc(NC[C@H]2CCCO2)c2nonc12. The third kappa shape index (κ3) is 3.68. The number of fused-ring (bicyclic) bond motifs is 1. The lowest BCUT2D eigenvalue weighted by Crippen LogP contribution is -2.18. The van der Waals surface area contributed by atoms with Gasteiger partial charge in [-0.1, -0.05) is 30.3 Å². The molecule has 1 saturated heterocycles. The molecule has 2 aromatic carbocycles. The minimum Gasteiger partial charge on any atom is -0.380 e. The molecule has 2 heterocycles. The van der Waals surface area contributed by atoms with Crippen LogP contribution >= 0.6 is 0 Å². The summed E-state index contributed by atoms with van der Waals surface area (Å²) in [6, 6.07) is 11.3. The van der Waals surface area contributed by atoms with Crippen molar-refractivity contribution >= 4 is 28.1 Å². The first kappa shape index (κ1) is 17.2. The van der Waals surface area contributed by atoms with Gasteiger partial charge in [0.15, 0.2) is 5.52 Å². The van der Waals surface area contributed by atoms with Crippen LogP contribution in [0.1, 0.15) is 18.4 Å².